The molecular formula is C12H11BrClNOS. The fourth-order valence-corrected chi connectivity index (χ4v) is 3.22. The molecule has 2 nitrogen and oxygen atoms in total. The van der Waals surface area contributed by atoms with Crippen molar-refractivity contribution in [2.24, 2.45) is 5.73 Å². The molecule has 90 valence electrons. The number of nitrogens with two attached hydrogens (primary N) is 1. The van der Waals surface area contributed by atoms with Crippen LogP contribution in [-0.4, -0.2) is 7.11 Å². The van der Waals surface area contributed by atoms with E-state index in [0.717, 1.165) is 20.0 Å². The zero-order valence-corrected chi connectivity index (χ0v) is 12.3. The largest absolute Gasteiger partial charge is 0.496 e. The standard InChI is InChI=1S/C12H11BrClNOS/c1-16-9-3-2-7(14)6-8(9)12(15)10-4-5-11(13)17-10/h2-6,12H,15H2,1H3. The maximum Gasteiger partial charge on any atom is 0.124 e. The summed E-state index contributed by atoms with van der Waals surface area (Å²) in [6, 6.07) is 9.23. The molecular weight excluding hydrogens is 322 g/mol. The van der Waals surface area contributed by atoms with Gasteiger partial charge in [-0.3, -0.25) is 0 Å². The highest BCUT2D eigenvalue weighted by Gasteiger charge is 2.16. The van der Waals surface area contributed by atoms with Crippen molar-refractivity contribution >= 4 is 38.9 Å². The Kier molecular flexibility index (Phi) is 4.09. The van der Waals surface area contributed by atoms with Crippen LogP contribution in [0.15, 0.2) is 34.1 Å². The van der Waals surface area contributed by atoms with E-state index in [4.69, 9.17) is 22.1 Å². The van der Waals surface area contributed by atoms with Crippen LogP contribution < -0.4 is 10.5 Å². The van der Waals surface area contributed by atoms with Gasteiger partial charge in [0.15, 0.2) is 0 Å². The van der Waals surface area contributed by atoms with Crippen LogP contribution in [0.1, 0.15) is 16.5 Å². The van der Waals surface area contributed by atoms with Crippen LogP contribution in [0.2, 0.25) is 5.02 Å². The second-order valence-electron chi connectivity index (χ2n) is 3.51. The van der Waals surface area contributed by atoms with Gasteiger partial charge >= 0.3 is 0 Å². The van der Waals surface area contributed by atoms with Crippen LogP contribution in [0.4, 0.5) is 0 Å². The Labute approximate surface area is 117 Å². The lowest BCUT2D eigenvalue weighted by Gasteiger charge is -2.14. The smallest absolute Gasteiger partial charge is 0.124 e. The van der Waals surface area contributed by atoms with Crippen LogP contribution >= 0.6 is 38.9 Å². The van der Waals surface area contributed by atoms with Crippen molar-refractivity contribution in [1.29, 1.82) is 0 Å². The number of hydrogen-bond donors (Lipinski definition) is 1. The molecule has 0 saturated carbocycles. The van der Waals surface area contributed by atoms with E-state index in [1.807, 2.05) is 24.3 Å². The van der Waals surface area contributed by atoms with E-state index in [1.54, 1.807) is 24.5 Å². The molecule has 0 aliphatic carbocycles. The molecule has 2 rings (SSSR count). The maximum absolute atomic E-state index is 6.23. The lowest BCUT2D eigenvalue weighted by molar-refractivity contribution is 0.408. The van der Waals surface area contributed by atoms with Crippen molar-refractivity contribution in [3.63, 3.8) is 0 Å². The van der Waals surface area contributed by atoms with Gasteiger partial charge < -0.3 is 10.5 Å². The first-order chi connectivity index (χ1) is 8.11. The third-order valence-corrected chi connectivity index (χ3v) is 4.37. The van der Waals surface area contributed by atoms with Crippen molar-refractivity contribution < 1.29 is 4.74 Å². The van der Waals surface area contributed by atoms with Gasteiger partial charge in [-0.25, -0.2) is 0 Å². The van der Waals surface area contributed by atoms with Crippen molar-refractivity contribution in [2.75, 3.05) is 7.11 Å². The van der Waals surface area contributed by atoms with Crippen molar-refractivity contribution in [3.05, 3.63) is 49.6 Å². The Hall–Kier alpha value is -0.550. The summed E-state index contributed by atoms with van der Waals surface area (Å²) in [5.74, 6) is 0.756. The van der Waals surface area contributed by atoms with Crippen LogP contribution in [0.3, 0.4) is 0 Å². The van der Waals surface area contributed by atoms with E-state index in [-0.39, 0.29) is 6.04 Å². The number of halogens is 2. The monoisotopic (exact) mass is 331 g/mol. The molecule has 5 heteroatoms. The maximum atomic E-state index is 6.23. The summed E-state index contributed by atoms with van der Waals surface area (Å²) >= 11 is 11.0. The predicted octanol–water partition coefficient (Wildman–Crippen LogP) is 4.22. The summed E-state index contributed by atoms with van der Waals surface area (Å²) in [5.41, 5.74) is 7.12. The second kappa shape index (κ2) is 5.40. The number of hydrogen-bond acceptors (Lipinski definition) is 3. The molecule has 0 amide bonds. The van der Waals surface area contributed by atoms with Gasteiger partial charge in [-0.2, -0.15) is 0 Å². The molecule has 1 aromatic carbocycles. The summed E-state index contributed by atoms with van der Waals surface area (Å²) in [4.78, 5) is 1.07. The molecule has 0 aliphatic rings. The van der Waals surface area contributed by atoms with E-state index in [9.17, 15) is 0 Å². The topological polar surface area (TPSA) is 35.2 Å². The Morgan fingerprint density at radius 1 is 1.35 bits per heavy atom. The first-order valence-electron chi connectivity index (χ1n) is 4.96. The Morgan fingerprint density at radius 3 is 2.71 bits per heavy atom. The quantitative estimate of drug-likeness (QED) is 0.913. The second-order valence-corrected chi connectivity index (χ2v) is 6.44. The normalized spacial score (nSPS) is 12.5. The van der Waals surface area contributed by atoms with Gasteiger partial charge in [0.25, 0.3) is 0 Å². The zero-order chi connectivity index (χ0) is 12.4. The number of methoxy groups -OCH3 is 1. The highest BCUT2D eigenvalue weighted by atomic mass is 79.9. The minimum Gasteiger partial charge on any atom is -0.496 e. The first kappa shape index (κ1) is 12.9. The van der Waals surface area contributed by atoms with E-state index in [0.29, 0.717) is 5.02 Å². The molecule has 1 aromatic heterocycles. The third-order valence-electron chi connectivity index (χ3n) is 2.43. The van der Waals surface area contributed by atoms with E-state index >= 15 is 0 Å². The average molecular weight is 333 g/mol. The summed E-state index contributed by atoms with van der Waals surface area (Å²) in [5, 5.41) is 0.659. The molecule has 1 heterocycles. The summed E-state index contributed by atoms with van der Waals surface area (Å²) in [6.45, 7) is 0. The van der Waals surface area contributed by atoms with Crippen molar-refractivity contribution in [3.8, 4) is 5.75 Å². The number of thiophene rings is 1. The highest BCUT2D eigenvalue weighted by Crippen LogP contribution is 2.35. The minimum atomic E-state index is -0.222. The lowest BCUT2D eigenvalue weighted by Crippen LogP contribution is -2.11. The molecule has 1 atom stereocenters. The van der Waals surface area contributed by atoms with Crippen LogP contribution in [0, 0.1) is 0 Å². The van der Waals surface area contributed by atoms with Gasteiger partial charge in [0.1, 0.15) is 5.75 Å². The van der Waals surface area contributed by atoms with E-state index in [2.05, 4.69) is 15.9 Å². The Balaban J connectivity index is 2.42. The third kappa shape index (κ3) is 2.83. The Morgan fingerprint density at radius 2 is 2.12 bits per heavy atom. The molecule has 0 fully saturated rings. The predicted molar refractivity (Wildman–Crippen MR) is 76.1 cm³/mol. The molecule has 0 aliphatic heterocycles. The molecule has 17 heavy (non-hydrogen) atoms. The summed E-state index contributed by atoms with van der Waals surface area (Å²) in [6.07, 6.45) is 0. The minimum absolute atomic E-state index is 0.222. The number of benzene rings is 1. The number of ether oxygens (including phenoxy) is 1. The molecule has 0 spiro atoms. The molecule has 0 bridgehead atoms. The van der Waals surface area contributed by atoms with Gasteiger partial charge in [-0.15, -0.1) is 11.3 Å². The van der Waals surface area contributed by atoms with Gasteiger partial charge in [0.05, 0.1) is 16.9 Å². The SMILES string of the molecule is COc1ccc(Cl)cc1C(N)c1ccc(Br)s1. The molecule has 1 unspecified atom stereocenters. The number of rotatable bonds is 3. The highest BCUT2D eigenvalue weighted by molar-refractivity contribution is 9.11. The molecule has 0 saturated heterocycles. The molecule has 2 aromatic rings. The van der Waals surface area contributed by atoms with E-state index in [1.165, 1.54) is 0 Å². The average Bonchev–Trinajstić information content (AvgIpc) is 2.75. The zero-order valence-electron chi connectivity index (χ0n) is 9.11. The van der Waals surface area contributed by atoms with Gasteiger partial charge in [0, 0.05) is 15.5 Å². The molecule has 0 radical (unpaired) electrons. The van der Waals surface area contributed by atoms with Crippen LogP contribution in [0.5, 0.6) is 5.75 Å². The summed E-state index contributed by atoms with van der Waals surface area (Å²) in [7, 11) is 1.63. The van der Waals surface area contributed by atoms with Crippen molar-refractivity contribution in [2.45, 2.75) is 6.04 Å². The Bertz CT molecular complexity index is 529. The summed E-state index contributed by atoms with van der Waals surface area (Å²) < 4.78 is 6.36. The fraction of sp³-hybridized carbons (Fsp3) is 0.167. The first-order valence-corrected chi connectivity index (χ1v) is 6.95. The van der Waals surface area contributed by atoms with E-state index < -0.39 is 0 Å². The van der Waals surface area contributed by atoms with Crippen LogP contribution in [0.25, 0.3) is 0 Å². The van der Waals surface area contributed by atoms with Crippen LogP contribution in [-0.2, 0) is 0 Å². The van der Waals surface area contributed by atoms with Gasteiger partial charge in [-0.1, -0.05) is 11.6 Å². The lowest BCUT2D eigenvalue weighted by atomic mass is 10.1. The van der Waals surface area contributed by atoms with Gasteiger partial charge in [0.2, 0.25) is 0 Å². The van der Waals surface area contributed by atoms with Gasteiger partial charge in [-0.05, 0) is 46.3 Å². The fourth-order valence-electron chi connectivity index (χ4n) is 1.60. The molecule has 2 N–H and O–H groups in total. The van der Waals surface area contributed by atoms with Crippen molar-refractivity contribution in [1.82, 2.24) is 0 Å².